The molecule has 1 aliphatic rings. The van der Waals surface area contributed by atoms with Crippen molar-refractivity contribution >= 4 is 11.7 Å². The second kappa shape index (κ2) is 7.97. The van der Waals surface area contributed by atoms with Crippen molar-refractivity contribution in [3.63, 3.8) is 0 Å². The Kier molecular flexibility index (Phi) is 6.19. The number of halogens is 3. The lowest BCUT2D eigenvalue weighted by molar-refractivity contribution is -0.153. The van der Waals surface area contributed by atoms with E-state index in [4.69, 9.17) is 4.74 Å². The number of ether oxygens (including phenoxy) is 1. The summed E-state index contributed by atoms with van der Waals surface area (Å²) in [6.45, 7) is 5.10. The van der Waals surface area contributed by atoms with Gasteiger partial charge in [0.25, 0.3) is 0 Å². The smallest absolute Gasteiger partial charge is 0.422 e. The zero-order valence-corrected chi connectivity index (χ0v) is 14.8. The van der Waals surface area contributed by atoms with Gasteiger partial charge in [0.2, 0.25) is 0 Å². The SMILES string of the molecule is Cc1c(NC(=O)N2C[C@@H](C)CCC[C@H]2C)cccc1OCC(F)(F)F. The van der Waals surface area contributed by atoms with E-state index in [1.165, 1.54) is 6.07 Å². The minimum absolute atomic E-state index is 0.118. The van der Waals surface area contributed by atoms with Crippen LogP contribution in [0.2, 0.25) is 0 Å². The quantitative estimate of drug-likeness (QED) is 0.828. The summed E-state index contributed by atoms with van der Waals surface area (Å²) in [7, 11) is 0. The van der Waals surface area contributed by atoms with Gasteiger partial charge in [-0.05, 0) is 44.7 Å². The van der Waals surface area contributed by atoms with Crippen molar-refractivity contribution in [2.24, 2.45) is 5.92 Å². The van der Waals surface area contributed by atoms with Gasteiger partial charge in [0.1, 0.15) is 5.75 Å². The number of hydrogen-bond acceptors (Lipinski definition) is 2. The van der Waals surface area contributed by atoms with Crippen molar-refractivity contribution in [2.75, 3.05) is 18.5 Å². The first kappa shape index (κ1) is 19.4. The normalized spacial score (nSPS) is 21.6. The monoisotopic (exact) mass is 358 g/mol. The fraction of sp³-hybridized carbons (Fsp3) is 0.611. The van der Waals surface area contributed by atoms with E-state index < -0.39 is 12.8 Å². The molecule has 1 aliphatic heterocycles. The molecule has 2 rings (SSSR count). The topological polar surface area (TPSA) is 41.6 Å². The third kappa shape index (κ3) is 5.54. The van der Waals surface area contributed by atoms with Crippen molar-refractivity contribution in [1.29, 1.82) is 0 Å². The molecule has 0 aliphatic carbocycles. The molecule has 4 nitrogen and oxygen atoms in total. The van der Waals surface area contributed by atoms with Crippen molar-refractivity contribution in [3.05, 3.63) is 23.8 Å². The van der Waals surface area contributed by atoms with Gasteiger partial charge < -0.3 is 15.0 Å². The predicted octanol–water partition coefficient (Wildman–Crippen LogP) is 4.98. The molecule has 140 valence electrons. The number of nitrogens with one attached hydrogen (secondary N) is 1. The number of urea groups is 1. The van der Waals surface area contributed by atoms with Crippen LogP contribution >= 0.6 is 0 Å². The highest BCUT2D eigenvalue weighted by Crippen LogP contribution is 2.28. The minimum atomic E-state index is -4.40. The maximum absolute atomic E-state index is 12.7. The van der Waals surface area contributed by atoms with E-state index in [1.54, 1.807) is 24.0 Å². The number of nitrogens with zero attached hydrogens (tertiary/aromatic N) is 1. The van der Waals surface area contributed by atoms with Crippen LogP contribution in [0, 0.1) is 12.8 Å². The van der Waals surface area contributed by atoms with Gasteiger partial charge in [0.15, 0.2) is 6.61 Å². The number of anilines is 1. The molecular formula is C18H25F3N2O2. The summed E-state index contributed by atoms with van der Waals surface area (Å²) in [6, 6.07) is 4.61. The van der Waals surface area contributed by atoms with Crippen LogP contribution in [0.1, 0.15) is 38.7 Å². The highest BCUT2D eigenvalue weighted by atomic mass is 19.4. The standard InChI is InChI=1S/C18H25F3N2O2/c1-12-6-4-7-13(2)23(10-12)17(24)22-15-8-5-9-16(14(15)3)25-11-18(19,20)21/h5,8-9,12-13H,4,6-7,10-11H2,1-3H3,(H,22,24)/t12-,13+/m0/s1. The Morgan fingerprint density at radius 2 is 2.04 bits per heavy atom. The third-order valence-electron chi connectivity index (χ3n) is 4.54. The average molecular weight is 358 g/mol. The first-order valence-electron chi connectivity index (χ1n) is 8.54. The van der Waals surface area contributed by atoms with Gasteiger partial charge in [0, 0.05) is 23.8 Å². The maximum atomic E-state index is 12.7. The van der Waals surface area contributed by atoms with Gasteiger partial charge in [-0.2, -0.15) is 13.2 Å². The second-order valence-electron chi connectivity index (χ2n) is 6.80. The van der Waals surface area contributed by atoms with Crippen molar-refractivity contribution in [3.8, 4) is 5.75 Å². The predicted molar refractivity (Wildman–Crippen MR) is 90.9 cm³/mol. The summed E-state index contributed by atoms with van der Waals surface area (Å²) in [5.41, 5.74) is 0.949. The molecule has 2 amide bonds. The first-order valence-corrected chi connectivity index (χ1v) is 8.54. The molecule has 1 aromatic rings. The van der Waals surface area contributed by atoms with Gasteiger partial charge in [0.05, 0.1) is 0 Å². The molecule has 1 aromatic carbocycles. The minimum Gasteiger partial charge on any atom is -0.484 e. The third-order valence-corrected chi connectivity index (χ3v) is 4.54. The van der Waals surface area contributed by atoms with E-state index >= 15 is 0 Å². The molecule has 0 unspecified atom stereocenters. The molecule has 0 bridgehead atoms. The van der Waals surface area contributed by atoms with Crippen LogP contribution in [-0.2, 0) is 0 Å². The summed E-state index contributed by atoms with van der Waals surface area (Å²) in [6.07, 6.45) is -1.27. The number of likely N-dealkylation sites (tertiary alicyclic amines) is 1. The zero-order valence-electron chi connectivity index (χ0n) is 14.8. The van der Waals surface area contributed by atoms with E-state index in [0.717, 1.165) is 19.3 Å². The lowest BCUT2D eigenvalue weighted by Gasteiger charge is -2.29. The fourth-order valence-corrected chi connectivity index (χ4v) is 3.06. The fourth-order valence-electron chi connectivity index (χ4n) is 3.06. The van der Waals surface area contributed by atoms with Crippen LogP contribution in [0.5, 0.6) is 5.75 Å². The molecule has 7 heteroatoms. The summed E-state index contributed by atoms with van der Waals surface area (Å²) in [5.74, 6) is 0.547. The molecule has 1 saturated heterocycles. The summed E-state index contributed by atoms with van der Waals surface area (Å²) in [5, 5.41) is 2.82. The lowest BCUT2D eigenvalue weighted by atomic mass is 10.1. The Morgan fingerprint density at radius 1 is 1.32 bits per heavy atom. The average Bonchev–Trinajstić information content (AvgIpc) is 2.68. The summed E-state index contributed by atoms with van der Waals surface area (Å²) < 4.78 is 41.9. The van der Waals surface area contributed by atoms with Gasteiger partial charge in [-0.3, -0.25) is 0 Å². The molecule has 0 radical (unpaired) electrons. The molecule has 0 saturated carbocycles. The summed E-state index contributed by atoms with van der Waals surface area (Å²) in [4.78, 5) is 14.5. The van der Waals surface area contributed by atoms with Crippen LogP contribution in [0.25, 0.3) is 0 Å². The maximum Gasteiger partial charge on any atom is 0.422 e. The summed E-state index contributed by atoms with van der Waals surface area (Å²) >= 11 is 0. The lowest BCUT2D eigenvalue weighted by Crippen LogP contribution is -2.42. The first-order chi connectivity index (χ1) is 11.7. The van der Waals surface area contributed by atoms with Crippen LogP contribution in [0.3, 0.4) is 0 Å². The van der Waals surface area contributed by atoms with E-state index in [0.29, 0.717) is 23.7 Å². The molecule has 1 N–H and O–H groups in total. The Morgan fingerprint density at radius 3 is 2.72 bits per heavy atom. The van der Waals surface area contributed by atoms with Gasteiger partial charge >= 0.3 is 12.2 Å². The Balaban J connectivity index is 2.09. The van der Waals surface area contributed by atoms with Crippen LogP contribution in [0.15, 0.2) is 18.2 Å². The van der Waals surface area contributed by atoms with Gasteiger partial charge in [-0.1, -0.05) is 19.4 Å². The van der Waals surface area contributed by atoms with Crippen molar-refractivity contribution in [1.82, 2.24) is 4.90 Å². The molecule has 0 aromatic heterocycles. The molecule has 25 heavy (non-hydrogen) atoms. The number of rotatable bonds is 3. The zero-order chi connectivity index (χ0) is 18.6. The molecule has 1 heterocycles. The van der Waals surface area contributed by atoms with E-state index in [-0.39, 0.29) is 17.8 Å². The van der Waals surface area contributed by atoms with Gasteiger partial charge in [-0.25, -0.2) is 4.79 Å². The molecule has 2 atom stereocenters. The molecule has 0 spiro atoms. The highest BCUT2D eigenvalue weighted by Gasteiger charge is 2.29. The van der Waals surface area contributed by atoms with Gasteiger partial charge in [-0.15, -0.1) is 0 Å². The largest absolute Gasteiger partial charge is 0.484 e. The Labute approximate surface area is 146 Å². The Hall–Kier alpha value is -1.92. The molecular weight excluding hydrogens is 333 g/mol. The van der Waals surface area contributed by atoms with Crippen LogP contribution in [0.4, 0.5) is 23.7 Å². The number of alkyl halides is 3. The number of benzene rings is 1. The van der Waals surface area contributed by atoms with Crippen molar-refractivity contribution in [2.45, 2.75) is 52.3 Å². The number of carbonyl (C=O) groups excluding carboxylic acids is 1. The number of hydrogen-bond donors (Lipinski definition) is 1. The van der Waals surface area contributed by atoms with Crippen LogP contribution in [-0.4, -0.2) is 36.3 Å². The van der Waals surface area contributed by atoms with E-state index in [1.807, 2.05) is 6.92 Å². The number of amides is 2. The molecule has 1 fully saturated rings. The van der Waals surface area contributed by atoms with E-state index in [9.17, 15) is 18.0 Å². The second-order valence-corrected chi connectivity index (χ2v) is 6.80. The van der Waals surface area contributed by atoms with E-state index in [2.05, 4.69) is 12.2 Å². The van der Waals surface area contributed by atoms with Crippen LogP contribution < -0.4 is 10.1 Å². The highest BCUT2D eigenvalue weighted by molar-refractivity contribution is 5.90. The number of carbonyl (C=O) groups is 1. The Bertz CT molecular complexity index is 604. The van der Waals surface area contributed by atoms with Crippen molar-refractivity contribution < 1.29 is 22.7 Å².